The van der Waals surface area contributed by atoms with Crippen molar-refractivity contribution in [3.8, 4) is 11.5 Å². The first-order valence-electron chi connectivity index (χ1n) is 8.96. The van der Waals surface area contributed by atoms with E-state index < -0.39 is 0 Å². The average Bonchev–Trinajstić information content (AvgIpc) is 3.27. The standard InChI is InChI=1S/C12H16O.C10H15.Ti/c1-7(2)9-5-6-10-12(13-10)11(9)8(3)4;1-7-6-10(4,5)9(3)8(7)2;/h5-8H,1-4H3;1-5H3;. The number of rotatable bonds is 2. The SMILES string of the molecule is CC(C)c1ccc2c(c1C(C)C)O2.CC1=C(C)C(C)(C)[C]([Ti])=C1C. The average molecular weight is 359 g/mol. The van der Waals surface area contributed by atoms with Crippen LogP contribution >= 0.6 is 0 Å². The normalized spacial score (nSPS) is 17.8. The van der Waals surface area contributed by atoms with Crippen molar-refractivity contribution in [1.82, 2.24) is 0 Å². The molecule has 1 aliphatic carbocycles. The van der Waals surface area contributed by atoms with Crippen molar-refractivity contribution < 1.29 is 25.2 Å². The van der Waals surface area contributed by atoms with Crippen LogP contribution < -0.4 is 4.74 Å². The molecule has 0 aromatic heterocycles. The predicted octanol–water partition coefficient (Wildman–Crippen LogP) is 7.22. The zero-order chi connectivity index (χ0) is 18.4. The molecule has 0 radical (unpaired) electrons. The molecule has 0 bridgehead atoms. The second kappa shape index (κ2) is 6.85. The van der Waals surface area contributed by atoms with Gasteiger partial charge in [0.15, 0.2) is 11.5 Å². The van der Waals surface area contributed by atoms with Gasteiger partial charge in [0.25, 0.3) is 0 Å². The Morgan fingerprint density at radius 3 is 1.83 bits per heavy atom. The summed E-state index contributed by atoms with van der Waals surface area (Å²) < 4.78 is 6.96. The molecule has 3 rings (SSSR count). The van der Waals surface area contributed by atoms with Crippen LogP contribution in [0.25, 0.3) is 0 Å². The topological polar surface area (TPSA) is 12.5 Å². The number of fused-ring (bicyclic) bond motifs is 1. The van der Waals surface area contributed by atoms with Gasteiger partial charge in [-0.15, -0.1) is 0 Å². The van der Waals surface area contributed by atoms with Crippen molar-refractivity contribution in [1.29, 1.82) is 0 Å². The van der Waals surface area contributed by atoms with Crippen molar-refractivity contribution >= 4 is 0 Å². The van der Waals surface area contributed by atoms with Crippen LogP contribution in [0, 0.1) is 5.41 Å². The Morgan fingerprint density at radius 1 is 0.917 bits per heavy atom. The summed E-state index contributed by atoms with van der Waals surface area (Å²) in [6.07, 6.45) is 0. The molecule has 2 aliphatic rings. The van der Waals surface area contributed by atoms with Gasteiger partial charge in [-0.3, -0.25) is 0 Å². The fourth-order valence-electron chi connectivity index (χ4n) is 3.46. The van der Waals surface area contributed by atoms with Crippen LogP contribution in [0.4, 0.5) is 0 Å². The van der Waals surface area contributed by atoms with Crippen LogP contribution in [0.3, 0.4) is 0 Å². The van der Waals surface area contributed by atoms with Crippen LogP contribution in [0.15, 0.2) is 32.7 Å². The van der Waals surface area contributed by atoms with Crippen LogP contribution in [-0.2, 0) is 20.4 Å². The Balaban J connectivity index is 0.000000177. The molecule has 0 amide bonds. The molecule has 2 heteroatoms. The summed E-state index contributed by atoms with van der Waals surface area (Å²) in [5.41, 5.74) is 7.68. The molecule has 0 saturated carbocycles. The fourth-order valence-corrected chi connectivity index (χ4v) is 4.05. The molecule has 1 nitrogen and oxygen atoms in total. The van der Waals surface area contributed by atoms with E-state index in [9.17, 15) is 0 Å². The molecule has 1 aliphatic heterocycles. The summed E-state index contributed by atoms with van der Waals surface area (Å²) in [5.74, 6) is 3.37. The van der Waals surface area contributed by atoms with E-state index in [1.54, 1.807) is 0 Å². The molecule has 0 unspecified atom stereocenters. The van der Waals surface area contributed by atoms with Crippen LogP contribution in [-0.4, -0.2) is 0 Å². The first kappa shape index (κ1) is 19.5. The van der Waals surface area contributed by atoms with Gasteiger partial charge in [-0.05, 0) is 23.5 Å². The first-order chi connectivity index (χ1) is 11.0. The molecule has 1 heterocycles. The van der Waals surface area contributed by atoms with Gasteiger partial charge in [0.1, 0.15) is 0 Å². The quantitative estimate of drug-likeness (QED) is 0.407. The maximum atomic E-state index is 5.42. The van der Waals surface area contributed by atoms with Crippen molar-refractivity contribution in [3.63, 3.8) is 0 Å². The van der Waals surface area contributed by atoms with Gasteiger partial charge in [0.05, 0.1) is 0 Å². The van der Waals surface area contributed by atoms with Crippen LogP contribution in [0.1, 0.15) is 85.3 Å². The predicted molar refractivity (Wildman–Crippen MR) is 99.5 cm³/mol. The van der Waals surface area contributed by atoms with Crippen LogP contribution in [0.5, 0.6) is 11.5 Å². The van der Waals surface area contributed by atoms with Gasteiger partial charge in [0.2, 0.25) is 0 Å². The summed E-state index contributed by atoms with van der Waals surface area (Å²) >= 11 is 2.25. The third-order valence-electron chi connectivity index (χ3n) is 5.63. The van der Waals surface area contributed by atoms with E-state index in [4.69, 9.17) is 4.74 Å². The summed E-state index contributed by atoms with van der Waals surface area (Å²) in [7, 11) is 0. The summed E-state index contributed by atoms with van der Waals surface area (Å²) in [6, 6.07) is 4.28. The molecule has 129 valence electrons. The third kappa shape index (κ3) is 3.44. The van der Waals surface area contributed by atoms with E-state index in [2.05, 4.69) is 94.9 Å². The second-order valence-electron chi connectivity index (χ2n) is 8.18. The monoisotopic (exact) mass is 359 g/mol. The number of allylic oxidation sites excluding steroid dienone is 4. The van der Waals surface area contributed by atoms with Crippen molar-refractivity contribution in [2.45, 2.75) is 74.1 Å². The zero-order valence-corrected chi connectivity index (χ0v) is 18.3. The molecular formula is C22H31OTi. The van der Waals surface area contributed by atoms with Gasteiger partial charge in [0, 0.05) is 5.56 Å². The van der Waals surface area contributed by atoms with Crippen molar-refractivity contribution in [2.24, 2.45) is 5.41 Å². The summed E-state index contributed by atoms with van der Waals surface area (Å²) in [6.45, 7) is 20.2. The molecule has 0 spiro atoms. The molecule has 1 aromatic carbocycles. The maximum absolute atomic E-state index is 5.42. The Kier molecular flexibility index (Phi) is 5.57. The van der Waals surface area contributed by atoms with E-state index in [1.165, 1.54) is 31.7 Å². The van der Waals surface area contributed by atoms with Gasteiger partial charge in [-0.2, -0.15) is 0 Å². The van der Waals surface area contributed by atoms with E-state index in [-0.39, 0.29) is 0 Å². The van der Waals surface area contributed by atoms with E-state index in [1.807, 2.05) is 0 Å². The summed E-state index contributed by atoms with van der Waals surface area (Å²) in [5, 5.41) is 0. The van der Waals surface area contributed by atoms with Crippen molar-refractivity contribution in [2.75, 3.05) is 0 Å². The fraction of sp³-hybridized carbons (Fsp3) is 0.545. The van der Waals surface area contributed by atoms with Crippen molar-refractivity contribution in [3.05, 3.63) is 43.9 Å². The van der Waals surface area contributed by atoms with E-state index >= 15 is 0 Å². The Morgan fingerprint density at radius 2 is 1.50 bits per heavy atom. The van der Waals surface area contributed by atoms with Gasteiger partial charge in [-0.1, -0.05) is 33.8 Å². The Hall–Kier alpha value is -0.786. The number of hydrogen-bond acceptors (Lipinski definition) is 1. The number of hydrogen-bond donors (Lipinski definition) is 0. The number of benzene rings is 1. The molecule has 0 saturated heterocycles. The molecule has 0 N–H and O–H groups in total. The first-order valence-corrected chi connectivity index (χ1v) is 9.74. The van der Waals surface area contributed by atoms with E-state index in [0.29, 0.717) is 17.3 Å². The third-order valence-corrected chi connectivity index (χ3v) is 7.19. The molecule has 0 atom stereocenters. The van der Waals surface area contributed by atoms with Gasteiger partial charge >= 0.3 is 81.1 Å². The van der Waals surface area contributed by atoms with Gasteiger partial charge < -0.3 is 4.74 Å². The molecule has 1 aromatic rings. The van der Waals surface area contributed by atoms with Crippen LogP contribution in [0.2, 0.25) is 0 Å². The minimum absolute atomic E-state index is 0.314. The molecular weight excluding hydrogens is 328 g/mol. The second-order valence-corrected chi connectivity index (χ2v) is 8.96. The zero-order valence-electron chi connectivity index (χ0n) is 16.7. The minimum atomic E-state index is 0.314. The molecule has 0 fully saturated rings. The van der Waals surface area contributed by atoms with Gasteiger partial charge in [-0.25, -0.2) is 0 Å². The Bertz CT molecular complexity index is 692. The Labute approximate surface area is 160 Å². The number of ether oxygens (including phenoxy) is 1. The molecule has 24 heavy (non-hydrogen) atoms. The van der Waals surface area contributed by atoms with E-state index in [0.717, 1.165) is 11.5 Å². The summed E-state index contributed by atoms with van der Waals surface area (Å²) in [4.78, 5) is 0.